The van der Waals surface area contributed by atoms with E-state index in [9.17, 15) is 13.6 Å². The predicted molar refractivity (Wildman–Crippen MR) is 82.9 cm³/mol. The van der Waals surface area contributed by atoms with Gasteiger partial charge < -0.3 is 5.32 Å². The number of amides is 1. The standard InChI is InChI=1S/C16H11F2N3OS/c17-11-2-1-3-12(18)14(11)16(22)21-8-13-15(20-6-5-19-13)10-4-7-23-9-10/h1-7,9H,8H2,(H,21,22). The fourth-order valence-corrected chi connectivity index (χ4v) is 2.74. The molecular weight excluding hydrogens is 320 g/mol. The van der Waals surface area contributed by atoms with E-state index in [0.29, 0.717) is 11.4 Å². The van der Waals surface area contributed by atoms with Crippen LogP contribution in [0, 0.1) is 11.6 Å². The molecule has 0 unspecified atom stereocenters. The van der Waals surface area contributed by atoms with Crippen molar-refractivity contribution in [3.63, 3.8) is 0 Å². The van der Waals surface area contributed by atoms with Crippen LogP contribution in [0.4, 0.5) is 8.78 Å². The molecule has 116 valence electrons. The lowest BCUT2D eigenvalue weighted by Crippen LogP contribution is -2.26. The minimum Gasteiger partial charge on any atom is -0.346 e. The Morgan fingerprint density at radius 3 is 2.57 bits per heavy atom. The van der Waals surface area contributed by atoms with Crippen LogP contribution in [0.25, 0.3) is 11.3 Å². The summed E-state index contributed by atoms with van der Waals surface area (Å²) < 4.78 is 27.2. The van der Waals surface area contributed by atoms with E-state index >= 15 is 0 Å². The normalized spacial score (nSPS) is 10.5. The largest absolute Gasteiger partial charge is 0.346 e. The number of rotatable bonds is 4. The van der Waals surface area contributed by atoms with Gasteiger partial charge in [0.25, 0.3) is 5.91 Å². The van der Waals surface area contributed by atoms with E-state index in [4.69, 9.17) is 0 Å². The predicted octanol–water partition coefficient (Wildman–Crippen LogP) is 3.41. The number of aromatic nitrogens is 2. The Hall–Kier alpha value is -2.67. The van der Waals surface area contributed by atoms with Crippen LogP contribution < -0.4 is 5.32 Å². The molecule has 0 bridgehead atoms. The Labute approximate surface area is 134 Å². The molecule has 0 radical (unpaired) electrons. The van der Waals surface area contributed by atoms with E-state index in [2.05, 4.69) is 15.3 Å². The molecule has 0 atom stereocenters. The first-order valence-corrected chi connectivity index (χ1v) is 7.66. The highest BCUT2D eigenvalue weighted by Gasteiger charge is 2.17. The van der Waals surface area contributed by atoms with E-state index < -0.39 is 23.1 Å². The van der Waals surface area contributed by atoms with Crippen LogP contribution in [0.5, 0.6) is 0 Å². The van der Waals surface area contributed by atoms with Gasteiger partial charge in [-0.3, -0.25) is 14.8 Å². The molecule has 1 N–H and O–H groups in total. The van der Waals surface area contributed by atoms with E-state index in [1.54, 1.807) is 6.20 Å². The van der Waals surface area contributed by atoms with Crippen molar-refractivity contribution >= 4 is 17.2 Å². The number of thiophene rings is 1. The van der Waals surface area contributed by atoms with Gasteiger partial charge >= 0.3 is 0 Å². The van der Waals surface area contributed by atoms with Crippen LogP contribution in [0.3, 0.4) is 0 Å². The Kier molecular flexibility index (Phi) is 4.38. The average Bonchev–Trinajstić information content (AvgIpc) is 3.07. The van der Waals surface area contributed by atoms with Crippen molar-refractivity contribution in [3.05, 3.63) is 70.3 Å². The van der Waals surface area contributed by atoms with E-state index in [1.165, 1.54) is 23.6 Å². The molecular formula is C16H11F2N3OS. The molecule has 3 rings (SSSR count). The number of halogens is 2. The van der Waals surface area contributed by atoms with Crippen molar-refractivity contribution in [2.45, 2.75) is 6.54 Å². The highest BCUT2D eigenvalue weighted by atomic mass is 32.1. The number of nitrogens with zero attached hydrogens (tertiary/aromatic N) is 2. The first-order valence-electron chi connectivity index (χ1n) is 6.71. The lowest BCUT2D eigenvalue weighted by molar-refractivity contribution is 0.0942. The fraction of sp³-hybridized carbons (Fsp3) is 0.0625. The summed E-state index contributed by atoms with van der Waals surface area (Å²) in [6, 6.07) is 5.17. The van der Waals surface area contributed by atoms with Gasteiger partial charge in [-0.2, -0.15) is 11.3 Å². The summed E-state index contributed by atoms with van der Waals surface area (Å²) in [4.78, 5) is 20.5. The van der Waals surface area contributed by atoms with Crippen molar-refractivity contribution in [2.24, 2.45) is 0 Å². The highest BCUT2D eigenvalue weighted by Crippen LogP contribution is 2.22. The third-order valence-corrected chi connectivity index (χ3v) is 3.86. The summed E-state index contributed by atoms with van der Waals surface area (Å²) in [5, 5.41) is 6.29. The second kappa shape index (κ2) is 6.62. The van der Waals surface area contributed by atoms with Crippen molar-refractivity contribution in [2.75, 3.05) is 0 Å². The van der Waals surface area contributed by atoms with Crippen LogP contribution in [-0.4, -0.2) is 15.9 Å². The first kappa shape index (κ1) is 15.2. The molecule has 0 saturated heterocycles. The quantitative estimate of drug-likeness (QED) is 0.797. The van der Waals surface area contributed by atoms with Crippen molar-refractivity contribution in [1.29, 1.82) is 0 Å². The van der Waals surface area contributed by atoms with E-state index in [1.807, 2.05) is 16.8 Å². The fourth-order valence-electron chi connectivity index (χ4n) is 2.10. The van der Waals surface area contributed by atoms with Gasteiger partial charge in [0.2, 0.25) is 0 Å². The second-order valence-corrected chi connectivity index (χ2v) is 5.42. The van der Waals surface area contributed by atoms with Gasteiger partial charge in [-0.15, -0.1) is 0 Å². The SMILES string of the molecule is O=C(NCc1nccnc1-c1ccsc1)c1c(F)cccc1F. The van der Waals surface area contributed by atoms with Gasteiger partial charge in [-0.05, 0) is 23.6 Å². The summed E-state index contributed by atoms with van der Waals surface area (Å²) in [6.07, 6.45) is 3.05. The van der Waals surface area contributed by atoms with Crippen LogP contribution >= 0.6 is 11.3 Å². The van der Waals surface area contributed by atoms with Gasteiger partial charge in [-0.1, -0.05) is 6.07 Å². The van der Waals surface area contributed by atoms with Crippen molar-refractivity contribution < 1.29 is 13.6 Å². The molecule has 1 amide bonds. The zero-order chi connectivity index (χ0) is 16.2. The van der Waals surface area contributed by atoms with Crippen LogP contribution in [0.1, 0.15) is 16.1 Å². The summed E-state index contributed by atoms with van der Waals surface area (Å²) in [5.74, 6) is -2.64. The molecule has 1 aromatic carbocycles. The maximum atomic E-state index is 13.6. The Balaban J connectivity index is 1.81. The first-order chi connectivity index (χ1) is 11.2. The molecule has 7 heteroatoms. The third kappa shape index (κ3) is 3.24. The average molecular weight is 331 g/mol. The monoisotopic (exact) mass is 331 g/mol. The lowest BCUT2D eigenvalue weighted by atomic mass is 10.1. The van der Waals surface area contributed by atoms with Crippen LogP contribution in [0.15, 0.2) is 47.4 Å². The summed E-state index contributed by atoms with van der Waals surface area (Å²) in [5.41, 5.74) is 1.43. The summed E-state index contributed by atoms with van der Waals surface area (Å²) in [7, 11) is 0. The minimum atomic E-state index is -0.903. The molecule has 2 aromatic heterocycles. The molecule has 0 aliphatic carbocycles. The van der Waals surface area contributed by atoms with Gasteiger partial charge in [0.1, 0.15) is 17.2 Å². The van der Waals surface area contributed by atoms with Gasteiger partial charge in [0.15, 0.2) is 0 Å². The van der Waals surface area contributed by atoms with Crippen molar-refractivity contribution in [1.82, 2.24) is 15.3 Å². The second-order valence-electron chi connectivity index (χ2n) is 4.64. The molecule has 23 heavy (non-hydrogen) atoms. The van der Waals surface area contributed by atoms with E-state index in [-0.39, 0.29) is 6.54 Å². The van der Waals surface area contributed by atoms with Crippen LogP contribution in [0.2, 0.25) is 0 Å². The zero-order valence-corrected chi connectivity index (χ0v) is 12.6. The smallest absolute Gasteiger partial charge is 0.257 e. The topological polar surface area (TPSA) is 54.9 Å². The highest BCUT2D eigenvalue weighted by molar-refractivity contribution is 7.08. The molecule has 2 heterocycles. The summed E-state index contributed by atoms with van der Waals surface area (Å²) in [6.45, 7) is 0.0195. The molecule has 0 saturated carbocycles. The van der Waals surface area contributed by atoms with Crippen LogP contribution in [-0.2, 0) is 6.54 Å². The Morgan fingerprint density at radius 1 is 1.13 bits per heavy atom. The van der Waals surface area contributed by atoms with E-state index in [0.717, 1.165) is 17.7 Å². The third-order valence-electron chi connectivity index (χ3n) is 3.17. The number of hydrogen-bond donors (Lipinski definition) is 1. The van der Waals surface area contributed by atoms with Gasteiger partial charge in [-0.25, -0.2) is 8.78 Å². The zero-order valence-electron chi connectivity index (χ0n) is 11.8. The summed E-state index contributed by atoms with van der Waals surface area (Å²) >= 11 is 1.51. The maximum absolute atomic E-state index is 13.6. The molecule has 0 aliphatic rings. The number of hydrogen-bond acceptors (Lipinski definition) is 4. The van der Waals surface area contributed by atoms with Crippen molar-refractivity contribution in [3.8, 4) is 11.3 Å². The lowest BCUT2D eigenvalue weighted by Gasteiger charge is -2.09. The molecule has 0 fully saturated rings. The van der Waals surface area contributed by atoms with Gasteiger partial charge in [0, 0.05) is 23.3 Å². The minimum absolute atomic E-state index is 0.0195. The maximum Gasteiger partial charge on any atom is 0.257 e. The Bertz CT molecular complexity index is 817. The number of benzene rings is 1. The molecule has 3 aromatic rings. The Morgan fingerprint density at radius 2 is 1.87 bits per heavy atom. The molecule has 0 aliphatic heterocycles. The number of nitrogens with one attached hydrogen (secondary N) is 1. The van der Waals surface area contributed by atoms with Gasteiger partial charge in [0.05, 0.1) is 17.9 Å². The molecule has 4 nitrogen and oxygen atoms in total. The molecule has 0 spiro atoms. The number of carbonyl (C=O) groups excluding carboxylic acids is 1. The number of carbonyl (C=O) groups is 1.